The Morgan fingerprint density at radius 1 is 1.20 bits per heavy atom. The van der Waals surface area contributed by atoms with E-state index in [4.69, 9.17) is 5.73 Å². The first-order valence-corrected chi connectivity index (χ1v) is 9.36. The van der Waals surface area contributed by atoms with Crippen molar-refractivity contribution >= 4 is 39.0 Å². The van der Waals surface area contributed by atoms with Crippen LogP contribution in [0, 0.1) is 13.8 Å². The van der Waals surface area contributed by atoms with Gasteiger partial charge in [-0.15, -0.1) is 23.1 Å². The van der Waals surface area contributed by atoms with Gasteiger partial charge in [0.15, 0.2) is 0 Å². The molecule has 2 unspecified atom stereocenters. The number of aryl methyl sites for hydroxylation is 2. The highest BCUT2D eigenvalue weighted by Crippen LogP contribution is 2.38. The minimum atomic E-state index is 0.149. The van der Waals surface area contributed by atoms with Crippen LogP contribution in [-0.2, 0) is 5.75 Å². The largest absolute Gasteiger partial charge is 0.327 e. The molecular formula is C16H20BrNS2. The SMILES string of the molecule is Cc1cc(C)cc(CSC(c2cc(Br)cs2)C(C)N)c1. The summed E-state index contributed by atoms with van der Waals surface area (Å²) < 4.78 is 1.15. The first-order chi connectivity index (χ1) is 9.45. The van der Waals surface area contributed by atoms with Gasteiger partial charge in [0.2, 0.25) is 0 Å². The summed E-state index contributed by atoms with van der Waals surface area (Å²) in [5.41, 5.74) is 10.2. The number of thiophene rings is 1. The normalized spacial score (nSPS) is 14.2. The number of halogens is 1. The van der Waals surface area contributed by atoms with E-state index in [1.165, 1.54) is 21.6 Å². The Balaban J connectivity index is 2.09. The van der Waals surface area contributed by atoms with Crippen molar-refractivity contribution in [3.63, 3.8) is 0 Å². The van der Waals surface area contributed by atoms with Crippen molar-refractivity contribution < 1.29 is 0 Å². The maximum Gasteiger partial charge on any atom is 0.0543 e. The highest BCUT2D eigenvalue weighted by molar-refractivity contribution is 9.10. The first kappa shape index (κ1) is 16.1. The lowest BCUT2D eigenvalue weighted by Crippen LogP contribution is -2.22. The zero-order valence-corrected chi connectivity index (χ0v) is 15.2. The predicted molar refractivity (Wildman–Crippen MR) is 95.6 cm³/mol. The molecule has 1 aromatic heterocycles. The molecule has 0 amide bonds. The molecule has 2 N–H and O–H groups in total. The van der Waals surface area contributed by atoms with Crippen molar-refractivity contribution in [1.82, 2.24) is 0 Å². The molecule has 0 spiro atoms. The van der Waals surface area contributed by atoms with E-state index in [1.54, 1.807) is 11.3 Å². The fourth-order valence-corrected chi connectivity index (χ4v) is 5.29. The highest BCUT2D eigenvalue weighted by Gasteiger charge is 2.18. The average Bonchev–Trinajstić information content (AvgIpc) is 2.74. The second kappa shape index (κ2) is 7.12. The van der Waals surface area contributed by atoms with Crippen LogP contribution in [0.15, 0.2) is 34.1 Å². The second-order valence-corrected chi connectivity index (χ2v) is 8.24. The summed E-state index contributed by atoms with van der Waals surface area (Å²) in [6.45, 7) is 6.40. The molecule has 2 aromatic rings. The van der Waals surface area contributed by atoms with Crippen LogP contribution >= 0.6 is 39.0 Å². The van der Waals surface area contributed by atoms with Gasteiger partial charge in [-0.25, -0.2) is 0 Å². The second-order valence-electron chi connectivity index (χ2n) is 5.25. The van der Waals surface area contributed by atoms with E-state index in [1.807, 2.05) is 11.8 Å². The quantitative estimate of drug-likeness (QED) is 0.757. The van der Waals surface area contributed by atoms with Gasteiger partial charge in [0.25, 0.3) is 0 Å². The predicted octanol–water partition coefficient (Wildman–Crippen LogP) is 5.45. The van der Waals surface area contributed by atoms with E-state index < -0.39 is 0 Å². The Morgan fingerprint density at radius 3 is 2.35 bits per heavy atom. The summed E-state index contributed by atoms with van der Waals surface area (Å²) in [5.74, 6) is 1.00. The molecule has 108 valence electrons. The van der Waals surface area contributed by atoms with E-state index in [-0.39, 0.29) is 6.04 Å². The molecule has 0 saturated heterocycles. The molecular weight excluding hydrogens is 350 g/mol. The molecule has 4 heteroatoms. The Labute approximate surface area is 138 Å². The van der Waals surface area contributed by atoms with E-state index in [2.05, 4.69) is 66.3 Å². The number of thioether (sulfide) groups is 1. The lowest BCUT2D eigenvalue weighted by molar-refractivity contribution is 0.729. The zero-order chi connectivity index (χ0) is 14.7. The van der Waals surface area contributed by atoms with Gasteiger partial charge in [-0.2, -0.15) is 0 Å². The Kier molecular flexibility index (Phi) is 5.73. The summed E-state index contributed by atoms with van der Waals surface area (Å²) in [4.78, 5) is 1.35. The van der Waals surface area contributed by atoms with Crippen molar-refractivity contribution in [3.05, 3.63) is 55.7 Å². The van der Waals surface area contributed by atoms with Gasteiger partial charge in [0.05, 0.1) is 5.25 Å². The van der Waals surface area contributed by atoms with Gasteiger partial charge in [0.1, 0.15) is 0 Å². The average molecular weight is 370 g/mol. The van der Waals surface area contributed by atoms with Crippen LogP contribution in [0.3, 0.4) is 0 Å². The molecule has 2 rings (SSSR count). The topological polar surface area (TPSA) is 26.0 Å². The lowest BCUT2D eigenvalue weighted by Gasteiger charge is -2.19. The van der Waals surface area contributed by atoms with E-state index in [0.717, 1.165) is 10.2 Å². The molecule has 0 saturated carbocycles. The van der Waals surface area contributed by atoms with Crippen LogP contribution in [0.25, 0.3) is 0 Å². The molecule has 1 nitrogen and oxygen atoms in total. The molecule has 1 heterocycles. The van der Waals surface area contributed by atoms with Crippen LogP contribution in [0.2, 0.25) is 0 Å². The minimum absolute atomic E-state index is 0.149. The summed E-state index contributed by atoms with van der Waals surface area (Å²) in [7, 11) is 0. The Bertz CT molecular complexity index is 557. The number of rotatable bonds is 5. The molecule has 0 aliphatic heterocycles. The smallest absolute Gasteiger partial charge is 0.0543 e. The Hall–Kier alpha value is -0.290. The standard InChI is InChI=1S/C16H20BrNS2/c1-10-4-11(2)6-13(5-10)8-20-16(12(3)18)15-7-14(17)9-19-15/h4-7,9,12,16H,8,18H2,1-3H3. The van der Waals surface area contributed by atoms with Gasteiger partial charge >= 0.3 is 0 Å². The fraction of sp³-hybridized carbons (Fsp3) is 0.375. The molecule has 20 heavy (non-hydrogen) atoms. The number of benzene rings is 1. The van der Waals surface area contributed by atoms with Crippen molar-refractivity contribution in [2.24, 2.45) is 5.73 Å². The van der Waals surface area contributed by atoms with Crippen molar-refractivity contribution in [2.75, 3.05) is 0 Å². The van der Waals surface area contributed by atoms with Crippen molar-refractivity contribution in [3.8, 4) is 0 Å². The Morgan fingerprint density at radius 2 is 1.85 bits per heavy atom. The molecule has 0 aliphatic carbocycles. The summed E-state index contributed by atoms with van der Waals surface area (Å²) in [6.07, 6.45) is 0. The molecule has 0 aliphatic rings. The van der Waals surface area contributed by atoms with Gasteiger partial charge in [0, 0.05) is 26.5 Å². The monoisotopic (exact) mass is 369 g/mol. The van der Waals surface area contributed by atoms with Crippen LogP contribution in [-0.4, -0.2) is 6.04 Å². The maximum absolute atomic E-state index is 6.17. The van der Waals surface area contributed by atoms with Crippen LogP contribution in [0.1, 0.15) is 33.7 Å². The fourth-order valence-electron chi connectivity index (χ4n) is 2.31. The molecule has 0 fully saturated rings. The summed E-state index contributed by atoms with van der Waals surface area (Å²) in [5, 5.41) is 2.48. The third-order valence-corrected chi connectivity index (χ3v) is 6.52. The van der Waals surface area contributed by atoms with Gasteiger partial charge in [-0.3, -0.25) is 0 Å². The van der Waals surface area contributed by atoms with E-state index >= 15 is 0 Å². The van der Waals surface area contributed by atoms with E-state index in [0.29, 0.717) is 5.25 Å². The molecule has 2 atom stereocenters. The first-order valence-electron chi connectivity index (χ1n) is 6.64. The number of nitrogens with two attached hydrogens (primary N) is 1. The minimum Gasteiger partial charge on any atom is -0.327 e. The molecule has 1 aromatic carbocycles. The van der Waals surface area contributed by atoms with Gasteiger partial charge < -0.3 is 5.73 Å². The van der Waals surface area contributed by atoms with Gasteiger partial charge in [-0.1, -0.05) is 29.3 Å². The van der Waals surface area contributed by atoms with Crippen LogP contribution in [0.5, 0.6) is 0 Å². The van der Waals surface area contributed by atoms with Crippen LogP contribution in [0.4, 0.5) is 0 Å². The van der Waals surface area contributed by atoms with Gasteiger partial charge in [-0.05, 0) is 48.3 Å². The third kappa shape index (κ3) is 4.35. The number of hydrogen-bond donors (Lipinski definition) is 1. The highest BCUT2D eigenvalue weighted by atomic mass is 79.9. The van der Waals surface area contributed by atoms with Crippen molar-refractivity contribution in [1.29, 1.82) is 0 Å². The van der Waals surface area contributed by atoms with Crippen molar-refractivity contribution in [2.45, 2.75) is 37.8 Å². The zero-order valence-electron chi connectivity index (χ0n) is 12.0. The summed E-state index contributed by atoms with van der Waals surface area (Å²) >= 11 is 7.24. The third-order valence-electron chi connectivity index (χ3n) is 3.06. The maximum atomic E-state index is 6.17. The van der Waals surface area contributed by atoms with E-state index in [9.17, 15) is 0 Å². The van der Waals surface area contributed by atoms with Crippen LogP contribution < -0.4 is 5.73 Å². The molecule has 0 radical (unpaired) electrons. The summed E-state index contributed by atoms with van der Waals surface area (Å²) in [6, 6.07) is 9.09. The number of hydrogen-bond acceptors (Lipinski definition) is 3. The lowest BCUT2D eigenvalue weighted by atomic mass is 10.1. The molecule has 0 bridgehead atoms.